The highest BCUT2D eigenvalue weighted by molar-refractivity contribution is 5.93. The Bertz CT molecular complexity index is 401. The number of likely N-dealkylation sites (tertiary alicyclic amines) is 1. The van der Waals surface area contributed by atoms with Crippen molar-refractivity contribution in [2.24, 2.45) is 5.41 Å². The van der Waals surface area contributed by atoms with Crippen LogP contribution < -0.4 is 10.6 Å². The molecule has 6 heteroatoms. The van der Waals surface area contributed by atoms with Crippen LogP contribution in [0, 0.1) is 5.41 Å². The van der Waals surface area contributed by atoms with Crippen LogP contribution in [0.1, 0.15) is 40.5 Å². The first kappa shape index (κ1) is 16.5. The van der Waals surface area contributed by atoms with Gasteiger partial charge >= 0.3 is 0 Å². The van der Waals surface area contributed by atoms with Crippen molar-refractivity contribution >= 4 is 17.7 Å². The average molecular weight is 283 g/mol. The van der Waals surface area contributed by atoms with Crippen LogP contribution in [-0.2, 0) is 14.4 Å². The van der Waals surface area contributed by atoms with E-state index in [-0.39, 0.29) is 17.7 Å². The predicted molar refractivity (Wildman–Crippen MR) is 75.9 cm³/mol. The van der Waals surface area contributed by atoms with Gasteiger partial charge in [0.1, 0.15) is 12.1 Å². The van der Waals surface area contributed by atoms with Crippen molar-refractivity contribution < 1.29 is 14.4 Å². The number of carbonyl (C=O) groups excluding carboxylic acids is 3. The number of likely N-dealkylation sites (N-methyl/N-ethyl adjacent to an activating group) is 1. The van der Waals surface area contributed by atoms with E-state index in [1.807, 2.05) is 20.8 Å². The summed E-state index contributed by atoms with van der Waals surface area (Å²) in [6.45, 7) is 7.76. The largest absolute Gasteiger partial charge is 0.357 e. The highest BCUT2D eigenvalue weighted by Crippen LogP contribution is 2.25. The van der Waals surface area contributed by atoms with Gasteiger partial charge in [0.2, 0.25) is 17.7 Å². The van der Waals surface area contributed by atoms with Crippen molar-refractivity contribution in [2.45, 2.75) is 52.6 Å². The summed E-state index contributed by atoms with van der Waals surface area (Å²) < 4.78 is 0. The van der Waals surface area contributed by atoms with Gasteiger partial charge in [0.15, 0.2) is 0 Å². The number of hydrogen-bond donors (Lipinski definition) is 2. The lowest BCUT2D eigenvalue weighted by Gasteiger charge is -2.30. The molecule has 1 fully saturated rings. The molecule has 2 atom stereocenters. The topological polar surface area (TPSA) is 78.5 Å². The van der Waals surface area contributed by atoms with Crippen LogP contribution in [0.15, 0.2) is 0 Å². The summed E-state index contributed by atoms with van der Waals surface area (Å²) in [7, 11) is 1.52. The van der Waals surface area contributed by atoms with Gasteiger partial charge in [0, 0.05) is 19.0 Å². The summed E-state index contributed by atoms with van der Waals surface area (Å²) in [5.41, 5.74) is -0.505. The maximum absolute atomic E-state index is 12.3. The molecule has 6 nitrogen and oxygen atoms in total. The zero-order valence-corrected chi connectivity index (χ0v) is 12.9. The molecule has 0 saturated carbocycles. The maximum Gasteiger partial charge on any atom is 0.243 e. The van der Waals surface area contributed by atoms with E-state index in [9.17, 15) is 14.4 Å². The molecule has 0 radical (unpaired) electrons. The van der Waals surface area contributed by atoms with Crippen molar-refractivity contribution in [1.82, 2.24) is 15.5 Å². The number of nitrogens with zero attached hydrogens (tertiary/aromatic N) is 1. The fraction of sp³-hybridized carbons (Fsp3) is 0.786. The molecule has 1 rings (SSSR count). The van der Waals surface area contributed by atoms with Gasteiger partial charge in [0.25, 0.3) is 0 Å². The normalized spacial score (nSPS) is 20.4. The Balaban J connectivity index is 2.72. The second kappa shape index (κ2) is 6.24. The molecule has 1 heterocycles. The van der Waals surface area contributed by atoms with E-state index in [0.29, 0.717) is 13.0 Å². The second-order valence-electron chi connectivity index (χ2n) is 6.25. The van der Waals surface area contributed by atoms with Crippen LogP contribution in [0.3, 0.4) is 0 Å². The van der Waals surface area contributed by atoms with Gasteiger partial charge in [-0.15, -0.1) is 0 Å². The Morgan fingerprint density at radius 2 is 1.85 bits per heavy atom. The SMILES string of the molecule is CNC(=O)[C@@H](C)NC(=O)[C@@H]1CCCN1C(=O)C(C)(C)C. The van der Waals surface area contributed by atoms with Crippen molar-refractivity contribution in [3.63, 3.8) is 0 Å². The quantitative estimate of drug-likeness (QED) is 0.780. The lowest BCUT2D eigenvalue weighted by Crippen LogP contribution is -2.53. The Morgan fingerprint density at radius 1 is 1.25 bits per heavy atom. The zero-order valence-electron chi connectivity index (χ0n) is 12.9. The van der Waals surface area contributed by atoms with Gasteiger partial charge in [-0.25, -0.2) is 0 Å². The van der Waals surface area contributed by atoms with Gasteiger partial charge in [0.05, 0.1) is 0 Å². The minimum atomic E-state index is -0.598. The van der Waals surface area contributed by atoms with E-state index in [1.54, 1.807) is 11.8 Å². The third-order valence-electron chi connectivity index (χ3n) is 3.46. The minimum Gasteiger partial charge on any atom is -0.357 e. The summed E-state index contributed by atoms with van der Waals surface area (Å²) in [6, 6.07) is -1.06. The molecule has 0 aromatic carbocycles. The Morgan fingerprint density at radius 3 is 2.35 bits per heavy atom. The zero-order chi connectivity index (χ0) is 15.5. The molecule has 0 bridgehead atoms. The smallest absolute Gasteiger partial charge is 0.243 e. The molecule has 1 aliphatic rings. The van der Waals surface area contributed by atoms with Crippen molar-refractivity contribution in [1.29, 1.82) is 0 Å². The van der Waals surface area contributed by atoms with Gasteiger partial charge in [-0.1, -0.05) is 20.8 Å². The third-order valence-corrected chi connectivity index (χ3v) is 3.46. The Kier molecular flexibility index (Phi) is 5.14. The number of rotatable bonds is 3. The lowest BCUT2D eigenvalue weighted by atomic mass is 9.94. The van der Waals surface area contributed by atoms with Crippen LogP contribution >= 0.6 is 0 Å². The summed E-state index contributed by atoms with van der Waals surface area (Å²) in [6.07, 6.45) is 1.46. The van der Waals surface area contributed by atoms with E-state index in [1.165, 1.54) is 7.05 Å². The highest BCUT2D eigenvalue weighted by atomic mass is 16.2. The predicted octanol–water partition coefficient (Wildman–Crippen LogP) is 0.274. The van der Waals surface area contributed by atoms with Crippen molar-refractivity contribution in [3.8, 4) is 0 Å². The van der Waals surface area contributed by atoms with Crippen molar-refractivity contribution in [3.05, 3.63) is 0 Å². The van der Waals surface area contributed by atoms with Gasteiger partial charge in [-0.2, -0.15) is 0 Å². The molecule has 0 aromatic rings. The first-order chi connectivity index (χ1) is 9.18. The van der Waals surface area contributed by atoms with Crippen LogP contribution in [0.4, 0.5) is 0 Å². The highest BCUT2D eigenvalue weighted by Gasteiger charge is 2.38. The van der Waals surface area contributed by atoms with E-state index in [4.69, 9.17) is 0 Å². The summed E-state index contributed by atoms with van der Waals surface area (Å²) >= 11 is 0. The Labute approximate surface area is 120 Å². The molecule has 1 saturated heterocycles. The summed E-state index contributed by atoms with van der Waals surface area (Å²) in [4.78, 5) is 37.6. The van der Waals surface area contributed by atoms with Crippen LogP contribution in [0.2, 0.25) is 0 Å². The second-order valence-corrected chi connectivity index (χ2v) is 6.25. The summed E-state index contributed by atoms with van der Waals surface area (Å²) in [5.74, 6) is -0.524. The number of carbonyl (C=O) groups is 3. The van der Waals surface area contributed by atoms with E-state index in [2.05, 4.69) is 10.6 Å². The third kappa shape index (κ3) is 3.71. The van der Waals surface area contributed by atoms with Crippen LogP contribution in [-0.4, -0.2) is 48.3 Å². The average Bonchev–Trinajstić information content (AvgIpc) is 2.84. The minimum absolute atomic E-state index is 0.0252. The fourth-order valence-electron chi connectivity index (χ4n) is 2.30. The first-order valence-corrected chi connectivity index (χ1v) is 7.01. The van der Waals surface area contributed by atoms with E-state index in [0.717, 1.165) is 6.42 Å². The Hall–Kier alpha value is -1.59. The van der Waals surface area contributed by atoms with E-state index >= 15 is 0 Å². The molecule has 0 unspecified atom stereocenters. The van der Waals surface area contributed by atoms with Gasteiger partial charge in [-0.05, 0) is 19.8 Å². The number of hydrogen-bond acceptors (Lipinski definition) is 3. The standard InChI is InChI=1S/C14H25N3O3/c1-9(11(18)15-5)16-12(19)10-7-6-8-17(10)13(20)14(2,3)4/h9-10H,6-8H2,1-5H3,(H,15,18)(H,16,19)/t9-,10+/m1/s1. The molecule has 3 amide bonds. The van der Waals surface area contributed by atoms with E-state index < -0.39 is 17.5 Å². The van der Waals surface area contributed by atoms with Crippen LogP contribution in [0.25, 0.3) is 0 Å². The maximum atomic E-state index is 12.3. The molecule has 20 heavy (non-hydrogen) atoms. The van der Waals surface area contributed by atoms with Gasteiger partial charge in [-0.3, -0.25) is 14.4 Å². The first-order valence-electron chi connectivity index (χ1n) is 7.01. The lowest BCUT2D eigenvalue weighted by molar-refractivity contribution is -0.145. The van der Waals surface area contributed by atoms with Crippen LogP contribution in [0.5, 0.6) is 0 Å². The molecule has 0 spiro atoms. The molecular weight excluding hydrogens is 258 g/mol. The number of nitrogens with one attached hydrogen (secondary N) is 2. The molecular formula is C14H25N3O3. The number of amides is 3. The van der Waals surface area contributed by atoms with Gasteiger partial charge < -0.3 is 15.5 Å². The molecule has 114 valence electrons. The molecule has 2 N–H and O–H groups in total. The molecule has 0 aliphatic carbocycles. The monoisotopic (exact) mass is 283 g/mol. The van der Waals surface area contributed by atoms with Crippen molar-refractivity contribution in [2.75, 3.05) is 13.6 Å². The fourth-order valence-corrected chi connectivity index (χ4v) is 2.30. The molecule has 0 aromatic heterocycles. The molecule has 1 aliphatic heterocycles. The summed E-state index contributed by atoms with van der Waals surface area (Å²) in [5, 5.41) is 5.15.